The maximum atomic E-state index is 11.0. The molecule has 7 heteroatoms. The fourth-order valence-corrected chi connectivity index (χ4v) is 0.884. The van der Waals surface area contributed by atoms with E-state index in [1.165, 1.54) is 6.20 Å². The van der Waals surface area contributed by atoms with Crippen molar-refractivity contribution < 1.29 is 0 Å². The van der Waals surface area contributed by atoms with Crippen molar-refractivity contribution in [1.29, 1.82) is 0 Å². The number of rotatable bonds is 1. The first kappa shape index (κ1) is 6.77. The molecule has 0 atom stereocenters. The standard InChI is InChI=1S/C5H6N6O/c1-10-3-4(2-6-10)11-5(12)7-8-9-11/h2-3H,1H3,(H,7,9,12). The number of H-pyrrole nitrogens is 1. The van der Waals surface area contributed by atoms with Crippen LogP contribution in [0, 0.1) is 0 Å². The number of aryl methyl sites for hydroxylation is 1. The fraction of sp³-hybridized carbons (Fsp3) is 0.200. The number of aromatic amines is 1. The quantitative estimate of drug-likeness (QED) is 0.570. The van der Waals surface area contributed by atoms with Crippen LogP contribution in [-0.2, 0) is 7.05 Å². The van der Waals surface area contributed by atoms with E-state index in [-0.39, 0.29) is 5.69 Å². The Labute approximate surface area is 66.6 Å². The Hall–Kier alpha value is -1.92. The fourth-order valence-electron chi connectivity index (χ4n) is 0.884. The lowest BCUT2D eigenvalue weighted by Gasteiger charge is -1.87. The highest BCUT2D eigenvalue weighted by molar-refractivity contribution is 5.21. The lowest BCUT2D eigenvalue weighted by atomic mass is 10.6. The molecular weight excluding hydrogens is 160 g/mol. The molecule has 0 aliphatic carbocycles. The average Bonchev–Trinajstić information content (AvgIpc) is 2.58. The smallest absolute Gasteiger partial charge is 0.274 e. The number of hydrogen-bond acceptors (Lipinski definition) is 4. The molecule has 0 aliphatic heterocycles. The molecule has 0 unspecified atom stereocenters. The summed E-state index contributed by atoms with van der Waals surface area (Å²) in [6.07, 6.45) is 3.20. The summed E-state index contributed by atoms with van der Waals surface area (Å²) in [5.74, 6) is 0. The van der Waals surface area contributed by atoms with Crippen LogP contribution in [0.3, 0.4) is 0 Å². The maximum Gasteiger partial charge on any atom is 0.365 e. The number of tetrazole rings is 1. The minimum absolute atomic E-state index is 0.372. The molecule has 1 N–H and O–H groups in total. The van der Waals surface area contributed by atoms with E-state index in [1.54, 1.807) is 17.9 Å². The molecule has 0 saturated heterocycles. The van der Waals surface area contributed by atoms with Gasteiger partial charge in [0.1, 0.15) is 5.69 Å². The average molecular weight is 166 g/mol. The number of hydrogen-bond donors (Lipinski definition) is 1. The summed E-state index contributed by atoms with van der Waals surface area (Å²) >= 11 is 0. The molecule has 0 saturated carbocycles. The Morgan fingerprint density at radius 3 is 2.92 bits per heavy atom. The molecule has 2 aromatic heterocycles. The third-order valence-corrected chi connectivity index (χ3v) is 1.41. The lowest BCUT2D eigenvalue weighted by molar-refractivity contribution is 0.759. The van der Waals surface area contributed by atoms with Crippen LogP contribution in [0.4, 0.5) is 0 Å². The van der Waals surface area contributed by atoms with Gasteiger partial charge in [-0.3, -0.25) is 4.68 Å². The van der Waals surface area contributed by atoms with Gasteiger partial charge in [0.2, 0.25) is 0 Å². The van der Waals surface area contributed by atoms with Gasteiger partial charge in [-0.05, 0) is 10.4 Å². The molecule has 62 valence electrons. The predicted octanol–water partition coefficient (Wildman–Crippen LogP) is -1.31. The molecule has 0 fully saturated rings. The molecule has 0 amide bonds. The molecule has 0 aromatic carbocycles. The van der Waals surface area contributed by atoms with Gasteiger partial charge >= 0.3 is 5.69 Å². The lowest BCUT2D eigenvalue weighted by Crippen LogP contribution is -2.15. The SMILES string of the molecule is Cn1cc(-n2nn[nH]c2=O)cn1. The van der Waals surface area contributed by atoms with Gasteiger partial charge in [0.05, 0.1) is 12.4 Å². The minimum atomic E-state index is -0.372. The van der Waals surface area contributed by atoms with Gasteiger partial charge in [0, 0.05) is 7.05 Å². The van der Waals surface area contributed by atoms with E-state index in [2.05, 4.69) is 20.6 Å². The second-order valence-electron chi connectivity index (χ2n) is 2.29. The zero-order valence-corrected chi connectivity index (χ0v) is 6.30. The first-order chi connectivity index (χ1) is 5.77. The zero-order valence-electron chi connectivity index (χ0n) is 6.30. The van der Waals surface area contributed by atoms with Crippen LogP contribution in [0.1, 0.15) is 0 Å². The van der Waals surface area contributed by atoms with Crippen molar-refractivity contribution in [3.63, 3.8) is 0 Å². The minimum Gasteiger partial charge on any atom is -0.274 e. The van der Waals surface area contributed by atoms with Crippen molar-refractivity contribution in [2.45, 2.75) is 0 Å². The topological polar surface area (TPSA) is 81.4 Å². The molecule has 0 bridgehead atoms. The third kappa shape index (κ3) is 0.911. The van der Waals surface area contributed by atoms with Gasteiger partial charge in [0.25, 0.3) is 0 Å². The molecule has 0 spiro atoms. The van der Waals surface area contributed by atoms with E-state index < -0.39 is 0 Å². The summed E-state index contributed by atoms with van der Waals surface area (Å²) in [7, 11) is 1.76. The van der Waals surface area contributed by atoms with E-state index in [0.717, 1.165) is 4.68 Å². The Balaban J connectivity index is 2.58. The van der Waals surface area contributed by atoms with Crippen LogP contribution in [-0.4, -0.2) is 30.0 Å². The molecule has 12 heavy (non-hydrogen) atoms. The van der Waals surface area contributed by atoms with E-state index in [9.17, 15) is 4.79 Å². The second kappa shape index (κ2) is 2.29. The van der Waals surface area contributed by atoms with E-state index >= 15 is 0 Å². The second-order valence-corrected chi connectivity index (χ2v) is 2.29. The summed E-state index contributed by atoms with van der Waals surface area (Å²) in [6, 6.07) is 0. The number of nitrogens with zero attached hydrogens (tertiary/aromatic N) is 5. The van der Waals surface area contributed by atoms with Crippen molar-refractivity contribution in [1.82, 2.24) is 30.0 Å². The van der Waals surface area contributed by atoms with Crippen molar-refractivity contribution in [3.8, 4) is 5.69 Å². The monoisotopic (exact) mass is 166 g/mol. The first-order valence-corrected chi connectivity index (χ1v) is 3.27. The highest BCUT2D eigenvalue weighted by Crippen LogP contribution is 1.97. The molecule has 0 radical (unpaired) electrons. The van der Waals surface area contributed by atoms with Crippen molar-refractivity contribution in [3.05, 3.63) is 22.9 Å². The normalized spacial score (nSPS) is 10.4. The van der Waals surface area contributed by atoms with Crippen molar-refractivity contribution >= 4 is 0 Å². The Morgan fingerprint density at radius 1 is 1.58 bits per heavy atom. The largest absolute Gasteiger partial charge is 0.365 e. The Morgan fingerprint density at radius 2 is 2.42 bits per heavy atom. The van der Waals surface area contributed by atoms with E-state index in [1.807, 2.05) is 0 Å². The Bertz CT molecular complexity index is 436. The van der Waals surface area contributed by atoms with Crippen LogP contribution in [0.25, 0.3) is 5.69 Å². The highest BCUT2D eigenvalue weighted by atomic mass is 16.2. The summed E-state index contributed by atoms with van der Waals surface area (Å²) in [5, 5.41) is 13.0. The number of aromatic nitrogens is 6. The third-order valence-electron chi connectivity index (χ3n) is 1.41. The van der Waals surface area contributed by atoms with Gasteiger partial charge in [-0.15, -0.1) is 0 Å². The van der Waals surface area contributed by atoms with Gasteiger partial charge < -0.3 is 0 Å². The molecule has 2 heterocycles. The predicted molar refractivity (Wildman–Crippen MR) is 38.7 cm³/mol. The molecule has 0 aliphatic rings. The first-order valence-electron chi connectivity index (χ1n) is 3.27. The molecule has 7 nitrogen and oxygen atoms in total. The maximum absolute atomic E-state index is 11.0. The van der Waals surface area contributed by atoms with Crippen LogP contribution < -0.4 is 5.69 Å². The van der Waals surface area contributed by atoms with Crippen LogP contribution in [0.15, 0.2) is 17.2 Å². The molecule has 2 aromatic rings. The van der Waals surface area contributed by atoms with Crippen LogP contribution in [0.2, 0.25) is 0 Å². The molecule has 2 rings (SSSR count). The van der Waals surface area contributed by atoms with Crippen molar-refractivity contribution in [2.24, 2.45) is 7.05 Å². The highest BCUT2D eigenvalue weighted by Gasteiger charge is 2.03. The van der Waals surface area contributed by atoms with Crippen LogP contribution in [0.5, 0.6) is 0 Å². The summed E-state index contributed by atoms with van der Waals surface area (Å²) in [4.78, 5) is 11.0. The zero-order chi connectivity index (χ0) is 8.55. The Kier molecular flexibility index (Phi) is 1.29. The van der Waals surface area contributed by atoms with E-state index in [4.69, 9.17) is 0 Å². The van der Waals surface area contributed by atoms with Gasteiger partial charge in [0.15, 0.2) is 0 Å². The van der Waals surface area contributed by atoms with Crippen LogP contribution >= 0.6 is 0 Å². The summed E-state index contributed by atoms with van der Waals surface area (Å²) in [6.45, 7) is 0. The van der Waals surface area contributed by atoms with Crippen molar-refractivity contribution in [2.75, 3.05) is 0 Å². The van der Waals surface area contributed by atoms with Gasteiger partial charge in [-0.2, -0.15) is 9.78 Å². The summed E-state index contributed by atoms with van der Waals surface area (Å²) < 4.78 is 2.71. The van der Waals surface area contributed by atoms with Gasteiger partial charge in [-0.1, -0.05) is 0 Å². The molecular formula is C5H6N6O. The van der Waals surface area contributed by atoms with E-state index in [0.29, 0.717) is 5.69 Å². The number of nitrogens with one attached hydrogen (secondary N) is 1. The van der Waals surface area contributed by atoms with Gasteiger partial charge in [-0.25, -0.2) is 9.89 Å². The summed E-state index contributed by atoms with van der Waals surface area (Å²) in [5.41, 5.74) is 0.222.